The quantitative estimate of drug-likeness (QED) is 0.757. The number of anilines is 1. The third kappa shape index (κ3) is 2.94. The van der Waals surface area contributed by atoms with Crippen molar-refractivity contribution in [2.45, 2.75) is 39.7 Å². The Bertz CT molecular complexity index is 760. The predicted octanol–water partition coefficient (Wildman–Crippen LogP) is 3.08. The first kappa shape index (κ1) is 14.9. The Balaban J connectivity index is 1.74. The molecule has 3 rings (SSSR count). The lowest BCUT2D eigenvalue weighted by atomic mass is 10.2. The lowest BCUT2D eigenvalue weighted by Gasteiger charge is -2.11. The molecule has 116 valence electrons. The van der Waals surface area contributed by atoms with Gasteiger partial charge in [0, 0.05) is 25.4 Å². The number of nitrogens with one attached hydrogen (secondary N) is 1. The van der Waals surface area contributed by atoms with Crippen LogP contribution in [-0.2, 0) is 13.0 Å². The lowest BCUT2D eigenvalue weighted by Crippen LogP contribution is -2.14. The van der Waals surface area contributed by atoms with E-state index in [0.29, 0.717) is 5.92 Å². The maximum Gasteiger partial charge on any atom is 0.138 e. The van der Waals surface area contributed by atoms with E-state index in [1.807, 2.05) is 0 Å². The predicted molar refractivity (Wildman–Crippen MR) is 89.4 cm³/mol. The molecule has 3 aromatic rings. The largest absolute Gasteiger partial charge is 0.368 e. The van der Waals surface area contributed by atoms with Crippen molar-refractivity contribution in [3.05, 3.63) is 29.4 Å². The van der Waals surface area contributed by atoms with Gasteiger partial charge in [-0.25, -0.2) is 9.97 Å². The van der Waals surface area contributed by atoms with Gasteiger partial charge in [0.25, 0.3) is 0 Å². The van der Waals surface area contributed by atoms with Crippen molar-refractivity contribution in [1.29, 1.82) is 0 Å². The summed E-state index contributed by atoms with van der Waals surface area (Å²) in [5, 5.41) is 14.8. The number of aromatic nitrogens is 5. The zero-order valence-electron chi connectivity index (χ0n) is 13.1. The van der Waals surface area contributed by atoms with Crippen LogP contribution >= 0.6 is 11.3 Å². The maximum atomic E-state index is 4.61. The highest BCUT2D eigenvalue weighted by molar-refractivity contribution is 7.16. The molecule has 1 N–H and O–H groups in total. The molecule has 0 aliphatic rings. The smallest absolute Gasteiger partial charge is 0.138 e. The highest BCUT2D eigenvalue weighted by Gasteiger charge is 2.10. The first-order valence-corrected chi connectivity index (χ1v) is 8.42. The molecule has 0 aliphatic carbocycles. The van der Waals surface area contributed by atoms with Crippen LogP contribution in [0.15, 0.2) is 17.8 Å². The molecule has 7 heteroatoms. The number of aryl methyl sites for hydroxylation is 1. The number of hydrogen-bond donors (Lipinski definition) is 1. The van der Waals surface area contributed by atoms with Gasteiger partial charge in [0.2, 0.25) is 0 Å². The SMILES string of the molecule is CCc1nc(NCCn2cnnc2C(C)C)c2ccsc2n1. The fourth-order valence-corrected chi connectivity index (χ4v) is 3.15. The molecule has 0 aromatic carbocycles. The number of nitrogens with zero attached hydrogens (tertiary/aromatic N) is 5. The fourth-order valence-electron chi connectivity index (χ4n) is 2.37. The van der Waals surface area contributed by atoms with E-state index in [1.54, 1.807) is 17.7 Å². The van der Waals surface area contributed by atoms with Gasteiger partial charge < -0.3 is 9.88 Å². The minimum atomic E-state index is 0.372. The van der Waals surface area contributed by atoms with Gasteiger partial charge in [-0.05, 0) is 11.4 Å². The van der Waals surface area contributed by atoms with Gasteiger partial charge in [0.15, 0.2) is 0 Å². The highest BCUT2D eigenvalue weighted by atomic mass is 32.1. The average molecular weight is 316 g/mol. The fraction of sp³-hybridized carbons (Fsp3) is 0.467. The molecule has 0 spiro atoms. The molecule has 6 nitrogen and oxygen atoms in total. The molecule has 3 aromatic heterocycles. The lowest BCUT2D eigenvalue weighted by molar-refractivity contribution is 0.636. The van der Waals surface area contributed by atoms with E-state index < -0.39 is 0 Å². The minimum absolute atomic E-state index is 0.372. The van der Waals surface area contributed by atoms with E-state index >= 15 is 0 Å². The highest BCUT2D eigenvalue weighted by Crippen LogP contribution is 2.25. The first-order valence-electron chi connectivity index (χ1n) is 7.54. The molecular weight excluding hydrogens is 296 g/mol. The van der Waals surface area contributed by atoms with Crippen molar-refractivity contribution in [2.75, 3.05) is 11.9 Å². The number of thiophene rings is 1. The van der Waals surface area contributed by atoms with Crippen LogP contribution in [0.5, 0.6) is 0 Å². The topological polar surface area (TPSA) is 68.5 Å². The molecule has 0 radical (unpaired) electrons. The Morgan fingerprint density at radius 3 is 2.95 bits per heavy atom. The molecule has 0 atom stereocenters. The number of rotatable bonds is 6. The average Bonchev–Trinajstić information content (AvgIpc) is 3.15. The van der Waals surface area contributed by atoms with Gasteiger partial charge in [0.05, 0.1) is 5.39 Å². The van der Waals surface area contributed by atoms with E-state index in [0.717, 1.165) is 47.2 Å². The molecule has 0 fully saturated rings. The Labute approximate surface area is 133 Å². The van der Waals surface area contributed by atoms with Crippen LogP contribution in [0.3, 0.4) is 0 Å². The number of fused-ring (bicyclic) bond motifs is 1. The molecule has 0 amide bonds. The summed E-state index contributed by atoms with van der Waals surface area (Å²) in [7, 11) is 0. The van der Waals surface area contributed by atoms with Crippen LogP contribution in [0.1, 0.15) is 38.3 Å². The number of hydrogen-bond acceptors (Lipinski definition) is 6. The molecule has 0 saturated carbocycles. The molecule has 0 bridgehead atoms. The van der Waals surface area contributed by atoms with E-state index in [-0.39, 0.29) is 0 Å². The summed E-state index contributed by atoms with van der Waals surface area (Å²) in [4.78, 5) is 10.2. The van der Waals surface area contributed by atoms with Crippen LogP contribution in [0.4, 0.5) is 5.82 Å². The van der Waals surface area contributed by atoms with Crippen LogP contribution in [0.25, 0.3) is 10.2 Å². The van der Waals surface area contributed by atoms with Gasteiger partial charge in [0.1, 0.15) is 28.6 Å². The molecule has 0 saturated heterocycles. The van der Waals surface area contributed by atoms with E-state index in [2.05, 4.69) is 62.3 Å². The summed E-state index contributed by atoms with van der Waals surface area (Å²) >= 11 is 1.65. The van der Waals surface area contributed by atoms with Crippen LogP contribution in [-0.4, -0.2) is 31.3 Å². The Morgan fingerprint density at radius 2 is 2.18 bits per heavy atom. The second kappa shape index (κ2) is 6.39. The summed E-state index contributed by atoms with van der Waals surface area (Å²) in [5.41, 5.74) is 0. The monoisotopic (exact) mass is 316 g/mol. The van der Waals surface area contributed by atoms with Gasteiger partial charge in [-0.3, -0.25) is 0 Å². The molecule has 3 heterocycles. The normalized spacial score (nSPS) is 11.5. The molecule has 0 aliphatic heterocycles. The summed E-state index contributed by atoms with van der Waals surface area (Å²) in [6.07, 6.45) is 2.63. The first-order chi connectivity index (χ1) is 10.7. The summed E-state index contributed by atoms with van der Waals surface area (Å²) < 4.78 is 2.09. The van der Waals surface area contributed by atoms with Gasteiger partial charge in [-0.1, -0.05) is 20.8 Å². The van der Waals surface area contributed by atoms with E-state index in [1.165, 1.54) is 0 Å². The summed E-state index contributed by atoms with van der Waals surface area (Å²) in [6.45, 7) is 7.92. The Morgan fingerprint density at radius 1 is 1.32 bits per heavy atom. The van der Waals surface area contributed by atoms with Gasteiger partial charge >= 0.3 is 0 Å². The van der Waals surface area contributed by atoms with Crippen molar-refractivity contribution in [3.8, 4) is 0 Å². The van der Waals surface area contributed by atoms with E-state index in [9.17, 15) is 0 Å². The molecule has 0 unspecified atom stereocenters. The minimum Gasteiger partial charge on any atom is -0.368 e. The zero-order chi connectivity index (χ0) is 15.5. The van der Waals surface area contributed by atoms with Crippen molar-refractivity contribution in [3.63, 3.8) is 0 Å². The van der Waals surface area contributed by atoms with Crippen LogP contribution in [0, 0.1) is 0 Å². The van der Waals surface area contributed by atoms with Crippen molar-refractivity contribution in [1.82, 2.24) is 24.7 Å². The van der Waals surface area contributed by atoms with Gasteiger partial charge in [-0.2, -0.15) is 0 Å². The standard InChI is InChI=1S/C15H20N6S/c1-4-12-18-13(11-5-8-22-15(11)19-12)16-6-7-21-9-17-20-14(21)10(2)3/h5,8-10H,4,6-7H2,1-3H3,(H,16,18,19). The zero-order valence-corrected chi connectivity index (χ0v) is 13.9. The van der Waals surface area contributed by atoms with Crippen molar-refractivity contribution in [2.24, 2.45) is 0 Å². The van der Waals surface area contributed by atoms with Crippen LogP contribution in [0.2, 0.25) is 0 Å². The van der Waals surface area contributed by atoms with Crippen LogP contribution < -0.4 is 5.32 Å². The maximum absolute atomic E-state index is 4.61. The summed E-state index contributed by atoms with van der Waals surface area (Å²) in [5.74, 6) is 3.18. The second-order valence-electron chi connectivity index (χ2n) is 5.45. The van der Waals surface area contributed by atoms with Crippen molar-refractivity contribution >= 4 is 27.4 Å². The van der Waals surface area contributed by atoms with Crippen molar-refractivity contribution < 1.29 is 0 Å². The molecule has 22 heavy (non-hydrogen) atoms. The third-order valence-electron chi connectivity index (χ3n) is 3.49. The summed E-state index contributed by atoms with van der Waals surface area (Å²) in [6, 6.07) is 2.07. The third-order valence-corrected chi connectivity index (χ3v) is 4.30. The molecular formula is C15H20N6S. The Hall–Kier alpha value is -2.02. The Kier molecular flexibility index (Phi) is 4.33. The van der Waals surface area contributed by atoms with E-state index in [4.69, 9.17) is 0 Å². The van der Waals surface area contributed by atoms with Gasteiger partial charge in [-0.15, -0.1) is 21.5 Å². The second-order valence-corrected chi connectivity index (χ2v) is 6.34.